The molecule has 0 saturated carbocycles. The summed E-state index contributed by atoms with van der Waals surface area (Å²) in [4.78, 5) is 15.2. The molecule has 0 aromatic carbocycles. The summed E-state index contributed by atoms with van der Waals surface area (Å²) >= 11 is 0. The van der Waals surface area contributed by atoms with Crippen molar-refractivity contribution < 1.29 is 0 Å². The summed E-state index contributed by atoms with van der Waals surface area (Å²) in [5, 5.41) is 3.61. The van der Waals surface area contributed by atoms with Gasteiger partial charge in [-0.25, -0.2) is 4.98 Å². The van der Waals surface area contributed by atoms with Crippen LogP contribution in [0.2, 0.25) is 0 Å². The highest BCUT2D eigenvalue weighted by Crippen LogP contribution is 2.35. The number of hydrogen-bond acceptors (Lipinski definition) is 5. The number of likely N-dealkylation sites (tertiary alicyclic amines) is 1. The van der Waals surface area contributed by atoms with Crippen LogP contribution in [0.15, 0.2) is 49.3 Å². The Bertz CT molecular complexity index is 799. The predicted molar refractivity (Wildman–Crippen MR) is 92.4 cm³/mol. The summed E-state index contributed by atoms with van der Waals surface area (Å²) in [7, 11) is 2.20. The largest absolute Gasteiger partial charge is 0.311 e. The molecule has 124 valence electrons. The Kier molecular flexibility index (Phi) is 4.23. The molecule has 0 aliphatic carbocycles. The van der Waals surface area contributed by atoms with Gasteiger partial charge in [0.2, 0.25) is 0 Å². The fourth-order valence-corrected chi connectivity index (χ4v) is 3.73. The van der Waals surface area contributed by atoms with Crippen LogP contribution in [0.3, 0.4) is 0 Å². The minimum Gasteiger partial charge on any atom is -0.311 e. The molecule has 4 rings (SSSR count). The summed E-state index contributed by atoms with van der Waals surface area (Å²) in [5.41, 5.74) is 3.37. The van der Waals surface area contributed by atoms with E-state index in [9.17, 15) is 0 Å². The van der Waals surface area contributed by atoms with Crippen molar-refractivity contribution in [3.05, 3.63) is 60.6 Å². The van der Waals surface area contributed by atoms with Gasteiger partial charge in [-0.1, -0.05) is 6.07 Å². The maximum atomic E-state index is 4.39. The molecule has 3 aromatic rings. The number of fused-ring (bicyclic) bond motifs is 1. The molecule has 24 heavy (non-hydrogen) atoms. The van der Waals surface area contributed by atoms with E-state index in [0.717, 1.165) is 31.0 Å². The highest BCUT2D eigenvalue weighted by molar-refractivity contribution is 5.36. The average molecular weight is 322 g/mol. The topological polar surface area (TPSA) is 58.3 Å². The van der Waals surface area contributed by atoms with Crippen LogP contribution in [0.4, 0.5) is 0 Å². The molecule has 0 spiro atoms. The Morgan fingerprint density at radius 3 is 3.00 bits per heavy atom. The van der Waals surface area contributed by atoms with Crippen molar-refractivity contribution >= 4 is 5.65 Å². The maximum Gasteiger partial charge on any atom is 0.155 e. The summed E-state index contributed by atoms with van der Waals surface area (Å²) in [5.74, 6) is 0.597. The molecule has 1 saturated heterocycles. The number of nitrogens with one attached hydrogen (secondary N) is 1. The third-order valence-electron chi connectivity index (χ3n) is 4.91. The van der Waals surface area contributed by atoms with E-state index < -0.39 is 0 Å². The van der Waals surface area contributed by atoms with Crippen molar-refractivity contribution in [1.82, 2.24) is 29.6 Å². The summed E-state index contributed by atoms with van der Waals surface area (Å²) in [6.45, 7) is 2.93. The molecular weight excluding hydrogens is 300 g/mol. The molecule has 1 aliphatic rings. The predicted octanol–water partition coefficient (Wildman–Crippen LogP) is 1.91. The average Bonchev–Trinajstić information content (AvgIpc) is 3.20. The number of rotatable bonds is 5. The Hall–Kier alpha value is -2.31. The van der Waals surface area contributed by atoms with Crippen LogP contribution in [-0.2, 0) is 6.54 Å². The molecule has 1 aliphatic heterocycles. The number of hydrogen-bond donors (Lipinski definition) is 1. The zero-order valence-electron chi connectivity index (χ0n) is 13.8. The molecule has 6 heteroatoms. The van der Waals surface area contributed by atoms with Crippen molar-refractivity contribution in [2.75, 3.05) is 20.1 Å². The third kappa shape index (κ3) is 2.90. The van der Waals surface area contributed by atoms with Gasteiger partial charge in [-0.2, -0.15) is 0 Å². The lowest BCUT2D eigenvalue weighted by atomic mass is 9.95. The molecule has 1 N–H and O–H groups in total. The molecular formula is C18H22N6. The molecule has 4 heterocycles. The van der Waals surface area contributed by atoms with E-state index in [2.05, 4.69) is 42.7 Å². The Morgan fingerprint density at radius 1 is 1.21 bits per heavy atom. The first kappa shape index (κ1) is 15.2. The second kappa shape index (κ2) is 6.67. The normalized spacial score (nSPS) is 21.5. The van der Waals surface area contributed by atoms with Crippen molar-refractivity contribution in [2.45, 2.75) is 19.0 Å². The highest BCUT2D eigenvalue weighted by atomic mass is 15.2. The zero-order valence-corrected chi connectivity index (χ0v) is 13.8. The number of imidazole rings is 1. The Labute approximate surface area is 141 Å². The van der Waals surface area contributed by atoms with Crippen LogP contribution >= 0.6 is 0 Å². The SMILES string of the molecule is CN1CC[C@@H](CNCc2cnc3cnccn23)[C@@H]1c1cccnc1. The van der Waals surface area contributed by atoms with E-state index in [4.69, 9.17) is 0 Å². The molecule has 6 nitrogen and oxygen atoms in total. The van der Waals surface area contributed by atoms with E-state index in [1.807, 2.05) is 30.9 Å². The number of pyridine rings is 1. The second-order valence-corrected chi connectivity index (χ2v) is 6.45. The van der Waals surface area contributed by atoms with E-state index in [1.165, 1.54) is 12.0 Å². The summed E-state index contributed by atoms with van der Waals surface area (Å²) in [6.07, 6.45) is 12.5. The van der Waals surface area contributed by atoms with Gasteiger partial charge in [-0.05, 0) is 37.6 Å². The summed E-state index contributed by atoms with van der Waals surface area (Å²) in [6, 6.07) is 4.65. The van der Waals surface area contributed by atoms with E-state index in [0.29, 0.717) is 12.0 Å². The highest BCUT2D eigenvalue weighted by Gasteiger charge is 2.32. The molecule has 2 atom stereocenters. The van der Waals surface area contributed by atoms with Gasteiger partial charge in [0, 0.05) is 43.9 Å². The van der Waals surface area contributed by atoms with Gasteiger partial charge in [0.1, 0.15) is 0 Å². The van der Waals surface area contributed by atoms with Gasteiger partial charge in [0.25, 0.3) is 0 Å². The van der Waals surface area contributed by atoms with Crippen LogP contribution in [0.1, 0.15) is 23.7 Å². The first-order chi connectivity index (χ1) is 11.8. The quantitative estimate of drug-likeness (QED) is 0.777. The monoisotopic (exact) mass is 322 g/mol. The van der Waals surface area contributed by atoms with Crippen LogP contribution < -0.4 is 5.32 Å². The first-order valence-corrected chi connectivity index (χ1v) is 8.40. The molecule has 1 fully saturated rings. The van der Waals surface area contributed by atoms with Gasteiger partial charge in [-0.15, -0.1) is 0 Å². The maximum absolute atomic E-state index is 4.39. The second-order valence-electron chi connectivity index (χ2n) is 6.45. The molecule has 0 amide bonds. The number of nitrogens with zero attached hydrogens (tertiary/aromatic N) is 5. The number of aromatic nitrogens is 4. The van der Waals surface area contributed by atoms with E-state index in [-0.39, 0.29) is 0 Å². The fraction of sp³-hybridized carbons (Fsp3) is 0.389. The van der Waals surface area contributed by atoms with E-state index >= 15 is 0 Å². The standard InChI is InChI=1S/C18H22N6/c1-23-7-4-15(18(23)14-3-2-5-19-9-14)10-21-11-16-12-22-17-13-20-6-8-24(16)17/h2-3,5-6,8-9,12-13,15,18,21H,4,7,10-11H2,1H3/t15-,18-/m0/s1. The smallest absolute Gasteiger partial charge is 0.155 e. The van der Waals surface area contributed by atoms with Gasteiger partial charge >= 0.3 is 0 Å². The lowest BCUT2D eigenvalue weighted by molar-refractivity contribution is 0.271. The van der Waals surface area contributed by atoms with E-state index in [1.54, 1.807) is 12.4 Å². The Morgan fingerprint density at radius 2 is 2.12 bits per heavy atom. The lowest BCUT2D eigenvalue weighted by Gasteiger charge is -2.25. The van der Waals surface area contributed by atoms with Gasteiger partial charge in [0.15, 0.2) is 5.65 Å². The van der Waals surface area contributed by atoms with Gasteiger partial charge in [-0.3, -0.25) is 19.3 Å². The van der Waals surface area contributed by atoms with Crippen molar-refractivity contribution in [3.8, 4) is 0 Å². The van der Waals surface area contributed by atoms with Crippen molar-refractivity contribution in [2.24, 2.45) is 5.92 Å². The zero-order chi connectivity index (χ0) is 16.4. The summed E-state index contributed by atoms with van der Waals surface area (Å²) < 4.78 is 2.08. The van der Waals surface area contributed by atoms with Crippen molar-refractivity contribution in [1.29, 1.82) is 0 Å². The fourth-order valence-electron chi connectivity index (χ4n) is 3.73. The van der Waals surface area contributed by atoms with Crippen LogP contribution in [0, 0.1) is 5.92 Å². The van der Waals surface area contributed by atoms with Crippen molar-refractivity contribution in [3.63, 3.8) is 0 Å². The van der Waals surface area contributed by atoms with Crippen LogP contribution in [-0.4, -0.2) is 44.4 Å². The van der Waals surface area contributed by atoms with Crippen LogP contribution in [0.5, 0.6) is 0 Å². The van der Waals surface area contributed by atoms with Gasteiger partial charge < -0.3 is 5.32 Å². The lowest BCUT2D eigenvalue weighted by Crippen LogP contribution is -2.28. The Balaban J connectivity index is 1.42. The molecule has 0 radical (unpaired) electrons. The molecule has 0 bridgehead atoms. The van der Waals surface area contributed by atoms with Crippen LogP contribution in [0.25, 0.3) is 5.65 Å². The third-order valence-corrected chi connectivity index (χ3v) is 4.91. The minimum absolute atomic E-state index is 0.442. The minimum atomic E-state index is 0.442. The molecule has 3 aromatic heterocycles. The first-order valence-electron chi connectivity index (χ1n) is 8.40. The van der Waals surface area contributed by atoms with Gasteiger partial charge in [0.05, 0.1) is 18.1 Å². The molecule has 0 unspecified atom stereocenters.